The fraction of sp³-hybridized carbons (Fsp3) is 0.130. The lowest BCUT2D eigenvalue weighted by molar-refractivity contribution is -0.0500. The van der Waals surface area contributed by atoms with E-state index >= 15 is 0 Å². The molecule has 0 atom stereocenters. The molecule has 34 heavy (non-hydrogen) atoms. The predicted molar refractivity (Wildman–Crippen MR) is 114 cm³/mol. The molecule has 0 aliphatic heterocycles. The van der Waals surface area contributed by atoms with Crippen LogP contribution in [0.4, 0.5) is 13.2 Å². The number of methoxy groups -OCH3 is 2. The molecule has 0 N–H and O–H groups in total. The molecule has 3 aromatic carbocycles. The largest absolute Gasteiger partial charge is 0.534 e. The van der Waals surface area contributed by atoms with E-state index in [-0.39, 0.29) is 39.1 Å². The van der Waals surface area contributed by atoms with Crippen LogP contribution in [0.15, 0.2) is 54.6 Å². The lowest BCUT2D eigenvalue weighted by atomic mass is 9.80. The summed E-state index contributed by atoms with van der Waals surface area (Å²) in [4.78, 5) is 26.5. The van der Waals surface area contributed by atoms with Crippen LogP contribution in [0, 0.1) is 0 Å². The number of halogens is 3. The molecule has 0 saturated heterocycles. The molecule has 1 aliphatic rings. The van der Waals surface area contributed by atoms with Gasteiger partial charge in [0.05, 0.1) is 14.2 Å². The third-order valence-electron chi connectivity index (χ3n) is 5.18. The number of carbonyl (C=O) groups is 2. The number of fused-ring (bicyclic) bond motifs is 2. The summed E-state index contributed by atoms with van der Waals surface area (Å²) in [5, 5.41) is 0. The van der Waals surface area contributed by atoms with Crippen molar-refractivity contribution in [3.8, 4) is 28.4 Å². The average Bonchev–Trinajstić information content (AvgIpc) is 2.80. The van der Waals surface area contributed by atoms with Gasteiger partial charge in [0.2, 0.25) is 0 Å². The van der Waals surface area contributed by atoms with Crippen molar-refractivity contribution in [1.29, 1.82) is 0 Å². The summed E-state index contributed by atoms with van der Waals surface area (Å²) in [6, 6.07) is 12.1. The number of carbonyl (C=O) groups excluding carboxylic acids is 2. The molecule has 11 heteroatoms. The van der Waals surface area contributed by atoms with Crippen molar-refractivity contribution in [2.24, 2.45) is 0 Å². The van der Waals surface area contributed by atoms with E-state index < -0.39 is 32.9 Å². The van der Waals surface area contributed by atoms with Crippen molar-refractivity contribution in [2.45, 2.75) is 5.51 Å². The van der Waals surface area contributed by atoms with Crippen LogP contribution in [0.25, 0.3) is 11.1 Å². The zero-order valence-electron chi connectivity index (χ0n) is 17.6. The number of ketones is 2. The van der Waals surface area contributed by atoms with Gasteiger partial charge in [-0.1, -0.05) is 30.3 Å². The van der Waals surface area contributed by atoms with E-state index in [1.165, 1.54) is 50.6 Å². The highest BCUT2D eigenvalue weighted by molar-refractivity contribution is 7.88. The molecule has 0 aromatic heterocycles. The molecule has 0 bridgehead atoms. The summed E-state index contributed by atoms with van der Waals surface area (Å²) in [5.41, 5.74) is -5.70. The Kier molecular flexibility index (Phi) is 5.60. The molecule has 0 radical (unpaired) electrons. The standard InChI is InChI=1S/C23H15F3O7S/c1-31-18-8-7-12(9-19(18)32-2)16-10-13(33-34(29,30)23(24,25)26)11-17-20(16)22(28)15-6-4-3-5-14(15)21(17)27/h3-11H,1-2H3. The van der Waals surface area contributed by atoms with E-state index in [0.29, 0.717) is 5.75 Å². The van der Waals surface area contributed by atoms with E-state index in [9.17, 15) is 31.2 Å². The second-order valence-corrected chi connectivity index (χ2v) is 8.69. The van der Waals surface area contributed by atoms with Crippen LogP contribution >= 0.6 is 0 Å². The molecule has 0 amide bonds. The third kappa shape index (κ3) is 3.77. The Morgan fingerprint density at radius 2 is 1.32 bits per heavy atom. The van der Waals surface area contributed by atoms with Gasteiger partial charge in [0, 0.05) is 22.3 Å². The highest BCUT2D eigenvalue weighted by Crippen LogP contribution is 2.41. The molecule has 1 aliphatic carbocycles. The SMILES string of the molecule is COc1ccc(-c2cc(OS(=O)(=O)C(F)(F)F)cc3c2C(=O)c2ccccc2C3=O)cc1OC. The molecular weight excluding hydrogens is 477 g/mol. The van der Waals surface area contributed by atoms with E-state index in [2.05, 4.69) is 4.18 Å². The Bertz CT molecular complexity index is 1440. The molecule has 0 heterocycles. The van der Waals surface area contributed by atoms with Crippen LogP contribution < -0.4 is 13.7 Å². The Morgan fingerprint density at radius 1 is 0.735 bits per heavy atom. The summed E-state index contributed by atoms with van der Waals surface area (Å²) in [7, 11) is -3.28. The maximum atomic E-state index is 13.3. The molecule has 0 unspecified atom stereocenters. The summed E-state index contributed by atoms with van der Waals surface area (Å²) < 4.78 is 76.8. The number of rotatable bonds is 5. The van der Waals surface area contributed by atoms with Crippen LogP contribution in [0.3, 0.4) is 0 Å². The number of benzene rings is 3. The first-order chi connectivity index (χ1) is 16.0. The van der Waals surface area contributed by atoms with E-state index in [0.717, 1.165) is 12.1 Å². The van der Waals surface area contributed by atoms with E-state index in [4.69, 9.17) is 9.47 Å². The first-order valence-corrected chi connectivity index (χ1v) is 11.0. The van der Waals surface area contributed by atoms with E-state index in [1.807, 2.05) is 0 Å². The van der Waals surface area contributed by atoms with Crippen LogP contribution in [-0.4, -0.2) is 39.7 Å². The first kappa shape index (κ1) is 23.3. The summed E-state index contributed by atoms with van der Waals surface area (Å²) in [6.45, 7) is 0. The number of ether oxygens (including phenoxy) is 2. The van der Waals surface area contributed by atoms with Gasteiger partial charge in [0.1, 0.15) is 5.75 Å². The lowest BCUT2D eigenvalue weighted by Crippen LogP contribution is -2.28. The fourth-order valence-corrected chi connectivity index (χ4v) is 4.10. The smallest absolute Gasteiger partial charge is 0.493 e. The van der Waals surface area contributed by atoms with Crippen molar-refractivity contribution >= 4 is 21.7 Å². The zero-order valence-corrected chi connectivity index (χ0v) is 18.4. The van der Waals surface area contributed by atoms with Gasteiger partial charge in [-0.2, -0.15) is 21.6 Å². The molecule has 176 valence electrons. The third-order valence-corrected chi connectivity index (χ3v) is 6.16. The second-order valence-electron chi connectivity index (χ2n) is 7.15. The maximum Gasteiger partial charge on any atom is 0.534 e. The summed E-state index contributed by atoms with van der Waals surface area (Å²) in [6.07, 6.45) is 0. The van der Waals surface area contributed by atoms with Crippen LogP contribution in [0.2, 0.25) is 0 Å². The van der Waals surface area contributed by atoms with Crippen LogP contribution in [-0.2, 0) is 10.1 Å². The maximum absolute atomic E-state index is 13.3. The van der Waals surface area contributed by atoms with Gasteiger partial charge in [0.15, 0.2) is 23.1 Å². The monoisotopic (exact) mass is 492 g/mol. The molecular formula is C23H15F3O7S. The molecule has 0 fully saturated rings. The molecule has 0 spiro atoms. The minimum absolute atomic E-state index is 0.0151. The first-order valence-electron chi connectivity index (χ1n) is 9.58. The van der Waals surface area contributed by atoms with Crippen molar-refractivity contribution in [3.05, 3.63) is 76.9 Å². The van der Waals surface area contributed by atoms with Crippen molar-refractivity contribution in [1.82, 2.24) is 0 Å². The lowest BCUT2D eigenvalue weighted by Gasteiger charge is -2.22. The highest BCUT2D eigenvalue weighted by atomic mass is 32.2. The topological polar surface area (TPSA) is 96.0 Å². The van der Waals surface area contributed by atoms with Crippen molar-refractivity contribution in [2.75, 3.05) is 14.2 Å². The minimum Gasteiger partial charge on any atom is -0.493 e. The van der Waals surface area contributed by atoms with Gasteiger partial charge < -0.3 is 13.7 Å². The van der Waals surface area contributed by atoms with Crippen LogP contribution in [0.5, 0.6) is 17.2 Å². The summed E-state index contributed by atoms with van der Waals surface area (Å²) >= 11 is 0. The van der Waals surface area contributed by atoms with Gasteiger partial charge in [-0.05, 0) is 35.4 Å². The minimum atomic E-state index is -6.03. The van der Waals surface area contributed by atoms with Crippen molar-refractivity contribution in [3.63, 3.8) is 0 Å². The van der Waals surface area contributed by atoms with Crippen LogP contribution in [0.1, 0.15) is 31.8 Å². The number of hydrogen-bond donors (Lipinski definition) is 0. The Morgan fingerprint density at radius 3 is 1.91 bits per heavy atom. The average molecular weight is 492 g/mol. The van der Waals surface area contributed by atoms with Gasteiger partial charge >= 0.3 is 15.6 Å². The number of hydrogen-bond acceptors (Lipinski definition) is 7. The molecule has 0 saturated carbocycles. The Balaban J connectivity index is 2.00. The highest BCUT2D eigenvalue weighted by Gasteiger charge is 2.49. The molecule has 4 rings (SSSR count). The number of alkyl halides is 3. The molecule has 7 nitrogen and oxygen atoms in total. The van der Waals surface area contributed by atoms with Gasteiger partial charge in [-0.15, -0.1) is 0 Å². The van der Waals surface area contributed by atoms with Gasteiger partial charge in [-0.3, -0.25) is 9.59 Å². The van der Waals surface area contributed by atoms with Gasteiger partial charge in [-0.25, -0.2) is 0 Å². The Hall–Kier alpha value is -3.86. The van der Waals surface area contributed by atoms with Gasteiger partial charge in [0.25, 0.3) is 0 Å². The summed E-state index contributed by atoms with van der Waals surface area (Å²) in [5.74, 6) is -1.43. The Labute approximate surface area is 191 Å². The normalized spacial score (nSPS) is 13.2. The second kappa shape index (κ2) is 8.17. The van der Waals surface area contributed by atoms with Crippen molar-refractivity contribution < 1.29 is 44.8 Å². The quantitative estimate of drug-likeness (QED) is 0.301. The zero-order chi connectivity index (χ0) is 24.8. The van der Waals surface area contributed by atoms with E-state index in [1.54, 1.807) is 6.07 Å². The molecule has 3 aromatic rings. The predicted octanol–water partition coefficient (Wildman–Crippen LogP) is 4.37. The fourth-order valence-electron chi connectivity index (χ4n) is 3.65.